The molecule has 0 aliphatic carbocycles. The van der Waals surface area contributed by atoms with Crippen LogP contribution in [0.3, 0.4) is 0 Å². The van der Waals surface area contributed by atoms with Gasteiger partial charge in [0.2, 0.25) is 5.91 Å². The zero-order chi connectivity index (χ0) is 13.8. The van der Waals surface area contributed by atoms with Crippen LogP contribution in [-0.4, -0.2) is 29.6 Å². The Bertz CT molecular complexity index is 461. The Kier molecular flexibility index (Phi) is 4.16. The van der Waals surface area contributed by atoms with E-state index in [0.717, 1.165) is 13.0 Å². The fraction of sp³-hybridized carbons (Fsp3) is 0.429. The van der Waals surface area contributed by atoms with Crippen LogP contribution in [0, 0.1) is 5.92 Å². The van der Waals surface area contributed by atoms with Gasteiger partial charge in [0.15, 0.2) is 6.04 Å². The van der Waals surface area contributed by atoms with Crippen molar-refractivity contribution in [2.24, 2.45) is 5.92 Å². The summed E-state index contributed by atoms with van der Waals surface area (Å²) in [6.07, 6.45) is 0.744. The highest BCUT2D eigenvalue weighted by Gasteiger charge is 2.32. The monoisotopic (exact) mass is 262 g/mol. The number of carbonyl (C=O) groups is 2. The van der Waals surface area contributed by atoms with Gasteiger partial charge in [-0.2, -0.15) is 0 Å². The molecule has 3 atom stereocenters. The Morgan fingerprint density at radius 1 is 1.37 bits per heavy atom. The summed E-state index contributed by atoms with van der Waals surface area (Å²) in [6.45, 7) is 2.73. The van der Waals surface area contributed by atoms with Gasteiger partial charge in [-0.05, 0) is 25.5 Å². The van der Waals surface area contributed by atoms with Crippen molar-refractivity contribution in [3.8, 4) is 0 Å². The Labute approximate surface area is 112 Å². The molecule has 0 aromatic heterocycles. The van der Waals surface area contributed by atoms with Crippen molar-refractivity contribution < 1.29 is 14.7 Å². The number of benzene rings is 1. The summed E-state index contributed by atoms with van der Waals surface area (Å²) in [6, 6.07) is 7.85. The van der Waals surface area contributed by atoms with Crippen LogP contribution in [0.2, 0.25) is 0 Å². The summed E-state index contributed by atoms with van der Waals surface area (Å²) in [5, 5.41) is 15.1. The Hall–Kier alpha value is -1.88. The van der Waals surface area contributed by atoms with E-state index in [1.165, 1.54) is 0 Å². The normalized spacial score (nSPS) is 23.8. The average Bonchev–Trinajstić information content (AvgIpc) is 2.82. The highest BCUT2D eigenvalue weighted by Crippen LogP contribution is 2.18. The smallest absolute Gasteiger partial charge is 0.330 e. The third kappa shape index (κ3) is 3.12. The molecule has 1 aliphatic heterocycles. The minimum absolute atomic E-state index is 0.0882. The third-order valence-corrected chi connectivity index (χ3v) is 3.53. The molecule has 5 nitrogen and oxygen atoms in total. The van der Waals surface area contributed by atoms with Crippen molar-refractivity contribution in [2.45, 2.75) is 25.4 Å². The van der Waals surface area contributed by atoms with Gasteiger partial charge >= 0.3 is 5.97 Å². The van der Waals surface area contributed by atoms with Gasteiger partial charge in [-0.1, -0.05) is 30.3 Å². The Morgan fingerprint density at radius 3 is 2.58 bits per heavy atom. The average molecular weight is 262 g/mol. The second kappa shape index (κ2) is 5.84. The van der Waals surface area contributed by atoms with E-state index in [1.807, 2.05) is 13.0 Å². The number of aliphatic carboxylic acids is 1. The molecule has 5 heteroatoms. The van der Waals surface area contributed by atoms with E-state index in [1.54, 1.807) is 24.3 Å². The number of nitrogens with one attached hydrogen (secondary N) is 2. The van der Waals surface area contributed by atoms with Crippen molar-refractivity contribution in [3.05, 3.63) is 35.9 Å². The SMILES string of the molecule is CC1NCCC1C(=O)N[C@H](C(=O)O)c1ccccc1. The molecule has 0 bridgehead atoms. The van der Waals surface area contributed by atoms with Gasteiger partial charge in [0.05, 0.1) is 5.92 Å². The highest BCUT2D eigenvalue weighted by atomic mass is 16.4. The number of carboxylic acid groups (broad SMARTS) is 1. The van der Waals surface area contributed by atoms with Crippen LogP contribution >= 0.6 is 0 Å². The first-order valence-electron chi connectivity index (χ1n) is 6.41. The molecule has 2 unspecified atom stereocenters. The molecule has 1 saturated heterocycles. The van der Waals surface area contributed by atoms with Gasteiger partial charge in [-0.3, -0.25) is 4.79 Å². The molecule has 1 aliphatic rings. The van der Waals surface area contributed by atoms with Crippen LogP contribution in [0.4, 0.5) is 0 Å². The lowest BCUT2D eigenvalue weighted by Gasteiger charge is -2.19. The molecular weight excluding hydrogens is 244 g/mol. The number of carbonyl (C=O) groups excluding carboxylic acids is 1. The summed E-state index contributed by atoms with van der Waals surface area (Å²) in [4.78, 5) is 23.4. The molecule has 1 heterocycles. The van der Waals surface area contributed by atoms with Gasteiger partial charge in [0.25, 0.3) is 0 Å². The van der Waals surface area contributed by atoms with Crippen molar-refractivity contribution in [1.82, 2.24) is 10.6 Å². The number of hydrogen-bond donors (Lipinski definition) is 3. The second-order valence-corrected chi connectivity index (χ2v) is 4.83. The van der Waals surface area contributed by atoms with E-state index < -0.39 is 12.0 Å². The molecule has 0 saturated carbocycles. The van der Waals surface area contributed by atoms with E-state index >= 15 is 0 Å². The van der Waals surface area contributed by atoms with Crippen molar-refractivity contribution in [2.75, 3.05) is 6.54 Å². The standard InChI is InChI=1S/C14H18N2O3/c1-9-11(7-8-15-9)13(17)16-12(14(18)19)10-5-3-2-4-6-10/h2-6,9,11-12,15H,7-8H2,1H3,(H,16,17)(H,18,19)/t9?,11?,12-/m0/s1. The topological polar surface area (TPSA) is 78.4 Å². The molecule has 3 N–H and O–H groups in total. The fourth-order valence-electron chi connectivity index (χ4n) is 2.40. The van der Waals surface area contributed by atoms with E-state index in [-0.39, 0.29) is 17.9 Å². The third-order valence-electron chi connectivity index (χ3n) is 3.53. The molecule has 0 spiro atoms. The zero-order valence-electron chi connectivity index (χ0n) is 10.8. The van der Waals surface area contributed by atoms with Crippen LogP contribution in [0.15, 0.2) is 30.3 Å². The Balaban J connectivity index is 2.09. The van der Waals surface area contributed by atoms with Crippen molar-refractivity contribution in [1.29, 1.82) is 0 Å². The molecule has 1 fully saturated rings. The molecule has 1 aromatic carbocycles. The molecule has 1 aromatic rings. The van der Waals surface area contributed by atoms with Crippen molar-refractivity contribution in [3.63, 3.8) is 0 Å². The van der Waals surface area contributed by atoms with E-state index in [2.05, 4.69) is 10.6 Å². The van der Waals surface area contributed by atoms with E-state index in [4.69, 9.17) is 0 Å². The van der Waals surface area contributed by atoms with Crippen LogP contribution in [0.5, 0.6) is 0 Å². The van der Waals surface area contributed by atoms with E-state index in [0.29, 0.717) is 5.56 Å². The lowest BCUT2D eigenvalue weighted by atomic mass is 9.99. The van der Waals surface area contributed by atoms with Gasteiger partial charge in [-0.25, -0.2) is 4.79 Å². The largest absolute Gasteiger partial charge is 0.479 e. The molecule has 2 rings (SSSR count). The predicted molar refractivity (Wildman–Crippen MR) is 70.5 cm³/mol. The minimum Gasteiger partial charge on any atom is -0.479 e. The van der Waals surface area contributed by atoms with E-state index in [9.17, 15) is 14.7 Å². The lowest BCUT2D eigenvalue weighted by Crippen LogP contribution is -2.41. The van der Waals surface area contributed by atoms with Gasteiger partial charge in [0.1, 0.15) is 0 Å². The summed E-state index contributed by atoms with van der Waals surface area (Å²) >= 11 is 0. The molecule has 19 heavy (non-hydrogen) atoms. The van der Waals surface area contributed by atoms with Gasteiger partial charge < -0.3 is 15.7 Å². The molecule has 0 radical (unpaired) electrons. The summed E-state index contributed by atoms with van der Waals surface area (Å²) in [7, 11) is 0. The minimum atomic E-state index is -1.04. The van der Waals surface area contributed by atoms with Gasteiger partial charge in [0, 0.05) is 6.04 Å². The summed E-state index contributed by atoms with van der Waals surface area (Å²) < 4.78 is 0. The maximum atomic E-state index is 12.1. The Morgan fingerprint density at radius 2 is 2.05 bits per heavy atom. The first kappa shape index (κ1) is 13.5. The van der Waals surface area contributed by atoms with Crippen LogP contribution in [0.25, 0.3) is 0 Å². The zero-order valence-corrected chi connectivity index (χ0v) is 10.8. The van der Waals surface area contributed by atoms with Crippen LogP contribution in [0.1, 0.15) is 24.9 Å². The second-order valence-electron chi connectivity index (χ2n) is 4.83. The summed E-state index contributed by atoms with van der Waals surface area (Å²) in [5.41, 5.74) is 0.585. The van der Waals surface area contributed by atoms with Crippen molar-refractivity contribution >= 4 is 11.9 Å². The lowest BCUT2D eigenvalue weighted by molar-refractivity contribution is -0.142. The molecule has 102 valence electrons. The molecule has 1 amide bonds. The number of rotatable bonds is 4. The molecular formula is C14H18N2O3. The highest BCUT2D eigenvalue weighted by molar-refractivity contribution is 5.86. The fourth-order valence-corrected chi connectivity index (χ4v) is 2.40. The van der Waals surface area contributed by atoms with Crippen LogP contribution < -0.4 is 10.6 Å². The quantitative estimate of drug-likeness (QED) is 0.754. The first-order chi connectivity index (χ1) is 9.09. The first-order valence-corrected chi connectivity index (χ1v) is 6.41. The number of amides is 1. The van der Waals surface area contributed by atoms with Crippen LogP contribution in [-0.2, 0) is 9.59 Å². The maximum absolute atomic E-state index is 12.1. The number of hydrogen-bond acceptors (Lipinski definition) is 3. The summed E-state index contributed by atoms with van der Waals surface area (Å²) in [5.74, 6) is -1.41. The van der Waals surface area contributed by atoms with Gasteiger partial charge in [-0.15, -0.1) is 0 Å². The number of carboxylic acids is 1. The predicted octanol–water partition coefficient (Wildman–Crippen LogP) is 0.926. The maximum Gasteiger partial charge on any atom is 0.330 e.